The molecule has 0 saturated heterocycles. The summed E-state index contributed by atoms with van der Waals surface area (Å²) < 4.78 is 3.47. The molecule has 0 atom stereocenters. The molecule has 0 radical (unpaired) electrons. The average Bonchev–Trinajstić information content (AvgIpc) is 2.75. The summed E-state index contributed by atoms with van der Waals surface area (Å²) >= 11 is 0. The van der Waals surface area contributed by atoms with Crippen LogP contribution in [0.5, 0.6) is 0 Å². The van der Waals surface area contributed by atoms with Gasteiger partial charge < -0.3 is 0 Å². The summed E-state index contributed by atoms with van der Waals surface area (Å²) in [5.74, 6) is 0. The van der Waals surface area contributed by atoms with Gasteiger partial charge in [-0.3, -0.25) is 14.1 Å². The molecule has 0 unspecified atom stereocenters. The van der Waals surface area contributed by atoms with Crippen LogP contribution in [0.3, 0.4) is 0 Å². The third-order valence-electron chi connectivity index (χ3n) is 3.32. The Morgan fingerprint density at radius 3 is 2.65 bits per heavy atom. The van der Waals surface area contributed by atoms with Crippen molar-refractivity contribution in [3.8, 4) is 0 Å². The molecule has 0 spiro atoms. The zero-order valence-corrected chi connectivity index (χ0v) is 11.1. The van der Waals surface area contributed by atoms with Gasteiger partial charge in [-0.05, 0) is 11.6 Å². The van der Waals surface area contributed by atoms with E-state index in [0.717, 1.165) is 16.6 Å². The summed E-state index contributed by atoms with van der Waals surface area (Å²) in [5, 5.41) is 0. The second-order valence-electron chi connectivity index (χ2n) is 4.62. The third kappa shape index (κ3) is 2.05. The number of rotatable bonds is 4. The van der Waals surface area contributed by atoms with Crippen molar-refractivity contribution in [2.45, 2.75) is 13.1 Å². The summed E-state index contributed by atoms with van der Waals surface area (Å²) in [6, 6.07) is 11.8. The lowest BCUT2D eigenvalue weighted by Crippen LogP contribution is -2.24. The largest absolute Gasteiger partial charge is 0.329 e. The Labute approximate surface area is 116 Å². The molecule has 3 rings (SSSR count). The Bertz CT molecular complexity index is 799. The van der Waals surface area contributed by atoms with E-state index in [1.807, 2.05) is 36.4 Å². The molecule has 0 aliphatic heterocycles. The highest BCUT2D eigenvalue weighted by Gasteiger charge is 2.12. The van der Waals surface area contributed by atoms with E-state index in [9.17, 15) is 4.79 Å². The fraction of sp³-hybridized carbons (Fsp3) is 0.125. The first-order chi connectivity index (χ1) is 9.81. The monoisotopic (exact) mass is 265 g/mol. The second-order valence-corrected chi connectivity index (χ2v) is 4.62. The lowest BCUT2D eigenvalue weighted by Gasteiger charge is -2.02. The van der Waals surface area contributed by atoms with Crippen LogP contribution < -0.4 is 5.69 Å². The topological polar surface area (TPSA) is 39.8 Å². The van der Waals surface area contributed by atoms with Crippen LogP contribution in [0.2, 0.25) is 0 Å². The lowest BCUT2D eigenvalue weighted by molar-refractivity contribution is 0.709. The van der Waals surface area contributed by atoms with Gasteiger partial charge in [0, 0.05) is 12.7 Å². The quantitative estimate of drug-likeness (QED) is 0.680. The number of fused-ring (bicyclic) bond motifs is 1. The van der Waals surface area contributed by atoms with E-state index in [-0.39, 0.29) is 5.69 Å². The first kappa shape index (κ1) is 12.4. The summed E-state index contributed by atoms with van der Waals surface area (Å²) in [4.78, 5) is 16.6. The molecule has 0 aliphatic rings. The zero-order valence-electron chi connectivity index (χ0n) is 11.1. The van der Waals surface area contributed by atoms with E-state index in [1.165, 1.54) is 0 Å². The summed E-state index contributed by atoms with van der Waals surface area (Å²) in [6.45, 7) is 4.76. The number of hydrogen-bond donors (Lipinski definition) is 0. The fourth-order valence-corrected chi connectivity index (χ4v) is 2.39. The minimum Gasteiger partial charge on any atom is -0.287 e. The van der Waals surface area contributed by atoms with Crippen molar-refractivity contribution in [3.63, 3.8) is 0 Å². The highest BCUT2D eigenvalue weighted by atomic mass is 16.1. The van der Waals surface area contributed by atoms with Crippen molar-refractivity contribution in [2.24, 2.45) is 0 Å². The fourth-order valence-electron chi connectivity index (χ4n) is 2.39. The molecule has 0 aliphatic carbocycles. The second kappa shape index (κ2) is 5.17. The van der Waals surface area contributed by atoms with Gasteiger partial charge in [0.05, 0.1) is 23.8 Å². The number of benzene rings is 1. The van der Waals surface area contributed by atoms with Crippen LogP contribution in [0.1, 0.15) is 5.56 Å². The van der Waals surface area contributed by atoms with E-state index >= 15 is 0 Å². The van der Waals surface area contributed by atoms with Gasteiger partial charge in [-0.2, -0.15) is 0 Å². The summed E-state index contributed by atoms with van der Waals surface area (Å²) in [6.07, 6.45) is 5.16. The SMILES string of the molecule is C=CCn1c(=O)n(Cc2ccccc2)c2ccncc21. The smallest absolute Gasteiger partial charge is 0.287 e. The number of aromatic nitrogens is 3. The van der Waals surface area contributed by atoms with Crippen LogP contribution in [0.25, 0.3) is 11.0 Å². The number of allylic oxidation sites excluding steroid dienone is 1. The zero-order chi connectivity index (χ0) is 13.9. The van der Waals surface area contributed by atoms with Gasteiger partial charge in [0.1, 0.15) is 0 Å². The molecule has 0 N–H and O–H groups in total. The Kier molecular flexibility index (Phi) is 3.21. The normalized spacial score (nSPS) is 10.8. The van der Waals surface area contributed by atoms with E-state index < -0.39 is 0 Å². The predicted molar refractivity (Wildman–Crippen MR) is 79.7 cm³/mol. The van der Waals surface area contributed by atoms with Gasteiger partial charge in [0.2, 0.25) is 0 Å². The Morgan fingerprint density at radius 2 is 1.90 bits per heavy atom. The molecular formula is C16H15N3O. The molecule has 3 aromatic rings. The highest BCUT2D eigenvalue weighted by molar-refractivity contribution is 5.74. The maximum absolute atomic E-state index is 12.5. The van der Waals surface area contributed by atoms with E-state index in [1.54, 1.807) is 27.6 Å². The van der Waals surface area contributed by atoms with E-state index in [0.29, 0.717) is 13.1 Å². The first-order valence-electron chi connectivity index (χ1n) is 6.49. The van der Waals surface area contributed by atoms with Crippen molar-refractivity contribution in [1.29, 1.82) is 0 Å². The molecule has 0 amide bonds. The Hall–Kier alpha value is -2.62. The lowest BCUT2D eigenvalue weighted by atomic mass is 10.2. The Morgan fingerprint density at radius 1 is 1.10 bits per heavy atom. The van der Waals surface area contributed by atoms with Gasteiger partial charge in [0.15, 0.2) is 0 Å². The Balaban J connectivity index is 2.18. The molecule has 0 fully saturated rings. The molecule has 0 saturated carbocycles. The average molecular weight is 265 g/mol. The molecule has 20 heavy (non-hydrogen) atoms. The number of imidazole rings is 1. The molecule has 2 aromatic heterocycles. The molecule has 1 aromatic carbocycles. The number of pyridine rings is 1. The van der Waals surface area contributed by atoms with Gasteiger partial charge in [0.25, 0.3) is 0 Å². The van der Waals surface area contributed by atoms with Crippen LogP contribution in [-0.4, -0.2) is 14.1 Å². The minimum atomic E-state index is -0.0308. The molecule has 100 valence electrons. The third-order valence-corrected chi connectivity index (χ3v) is 3.32. The van der Waals surface area contributed by atoms with Gasteiger partial charge in [-0.25, -0.2) is 4.79 Å². The maximum Gasteiger partial charge on any atom is 0.329 e. The molecule has 4 heteroatoms. The van der Waals surface area contributed by atoms with Crippen LogP contribution in [0.4, 0.5) is 0 Å². The van der Waals surface area contributed by atoms with Crippen LogP contribution >= 0.6 is 0 Å². The van der Waals surface area contributed by atoms with Crippen molar-refractivity contribution in [3.05, 3.63) is 77.5 Å². The van der Waals surface area contributed by atoms with Crippen molar-refractivity contribution < 1.29 is 0 Å². The first-order valence-corrected chi connectivity index (χ1v) is 6.49. The van der Waals surface area contributed by atoms with Gasteiger partial charge in [-0.15, -0.1) is 6.58 Å². The maximum atomic E-state index is 12.5. The minimum absolute atomic E-state index is 0.0308. The molecular weight excluding hydrogens is 250 g/mol. The van der Waals surface area contributed by atoms with Crippen LogP contribution in [-0.2, 0) is 13.1 Å². The van der Waals surface area contributed by atoms with Crippen molar-refractivity contribution >= 4 is 11.0 Å². The predicted octanol–water partition coefficient (Wildman–Crippen LogP) is 2.43. The summed E-state index contributed by atoms with van der Waals surface area (Å²) in [7, 11) is 0. The number of hydrogen-bond acceptors (Lipinski definition) is 2. The van der Waals surface area contributed by atoms with E-state index in [2.05, 4.69) is 11.6 Å². The molecule has 4 nitrogen and oxygen atoms in total. The van der Waals surface area contributed by atoms with Crippen molar-refractivity contribution in [2.75, 3.05) is 0 Å². The standard InChI is InChI=1S/C16H15N3O/c1-2-10-18-15-11-17-9-8-14(15)19(16(18)20)12-13-6-4-3-5-7-13/h2-9,11H,1,10,12H2. The van der Waals surface area contributed by atoms with Gasteiger partial charge in [-0.1, -0.05) is 36.4 Å². The summed E-state index contributed by atoms with van der Waals surface area (Å²) in [5.41, 5.74) is 2.81. The van der Waals surface area contributed by atoms with Crippen molar-refractivity contribution in [1.82, 2.24) is 14.1 Å². The molecule has 2 heterocycles. The van der Waals surface area contributed by atoms with Crippen LogP contribution in [0.15, 0.2) is 66.2 Å². The van der Waals surface area contributed by atoms with E-state index in [4.69, 9.17) is 0 Å². The highest BCUT2D eigenvalue weighted by Crippen LogP contribution is 2.13. The van der Waals surface area contributed by atoms with Gasteiger partial charge >= 0.3 is 5.69 Å². The molecule has 0 bridgehead atoms. The number of nitrogens with zero attached hydrogens (tertiary/aromatic N) is 3. The van der Waals surface area contributed by atoms with Crippen LogP contribution in [0, 0.1) is 0 Å².